The number of aliphatic carboxylic acids is 1. The monoisotopic (exact) mass is 410 g/mol. The summed E-state index contributed by atoms with van der Waals surface area (Å²) in [5.41, 5.74) is 0.0732. The Balaban J connectivity index is 1.97. The van der Waals surface area contributed by atoms with E-state index in [1.54, 1.807) is 6.92 Å². The maximum Gasteiger partial charge on any atom is 0.416 e. The van der Waals surface area contributed by atoms with Gasteiger partial charge in [-0.2, -0.15) is 13.2 Å². The average molecular weight is 410 g/mol. The maximum absolute atomic E-state index is 13.2. The van der Waals surface area contributed by atoms with E-state index in [2.05, 4.69) is 14.9 Å². The highest BCUT2D eigenvalue weighted by molar-refractivity contribution is 5.74. The summed E-state index contributed by atoms with van der Waals surface area (Å²) in [6.07, 6.45) is -3.09. The standard InChI is InChI=1S/C19H21F3N4O3/c1-12-15(10-23-18(24-12)26-7-5-25(2)6-8-26)14-9-13(19(20,21)22)3-4-16(14)29-11-17(27)28/h3-4,9-10H,5-8,11H2,1-2H3,(H,27,28). The summed E-state index contributed by atoms with van der Waals surface area (Å²) in [4.78, 5) is 23.8. The Bertz CT molecular complexity index is 897. The minimum atomic E-state index is -4.55. The molecule has 1 aromatic carbocycles. The van der Waals surface area contributed by atoms with Crippen LogP contribution in [-0.4, -0.2) is 65.8 Å². The molecule has 3 rings (SSSR count). The number of nitrogens with zero attached hydrogens (tertiary/aromatic N) is 4. The predicted molar refractivity (Wildman–Crippen MR) is 100 cm³/mol. The van der Waals surface area contributed by atoms with Gasteiger partial charge in [-0.3, -0.25) is 0 Å². The Hall–Kier alpha value is -2.88. The van der Waals surface area contributed by atoms with Gasteiger partial charge in [-0.15, -0.1) is 0 Å². The number of likely N-dealkylation sites (N-methyl/N-ethyl adjacent to an activating group) is 1. The number of piperazine rings is 1. The van der Waals surface area contributed by atoms with Crippen LogP contribution >= 0.6 is 0 Å². The molecule has 1 aliphatic heterocycles. The zero-order chi connectivity index (χ0) is 21.2. The van der Waals surface area contributed by atoms with E-state index < -0.39 is 24.3 Å². The van der Waals surface area contributed by atoms with E-state index >= 15 is 0 Å². The summed E-state index contributed by atoms with van der Waals surface area (Å²) in [6.45, 7) is 4.25. The van der Waals surface area contributed by atoms with E-state index in [9.17, 15) is 18.0 Å². The SMILES string of the molecule is Cc1nc(N2CCN(C)CC2)ncc1-c1cc(C(F)(F)F)ccc1OCC(=O)O. The van der Waals surface area contributed by atoms with E-state index in [0.717, 1.165) is 44.4 Å². The number of benzene rings is 1. The highest BCUT2D eigenvalue weighted by Crippen LogP contribution is 2.38. The lowest BCUT2D eigenvalue weighted by Gasteiger charge is -2.32. The molecule has 0 atom stereocenters. The number of halogens is 3. The van der Waals surface area contributed by atoms with Gasteiger partial charge >= 0.3 is 12.1 Å². The van der Waals surface area contributed by atoms with Crippen LogP contribution in [0.3, 0.4) is 0 Å². The third-order valence-corrected chi connectivity index (χ3v) is 4.70. The molecule has 1 aromatic heterocycles. The molecule has 156 valence electrons. The fourth-order valence-electron chi connectivity index (χ4n) is 3.06. The van der Waals surface area contributed by atoms with Crippen molar-refractivity contribution in [3.8, 4) is 16.9 Å². The number of hydrogen-bond donors (Lipinski definition) is 1. The van der Waals surface area contributed by atoms with Crippen molar-refractivity contribution in [2.75, 3.05) is 44.7 Å². The molecule has 7 nitrogen and oxygen atoms in total. The van der Waals surface area contributed by atoms with Crippen molar-refractivity contribution < 1.29 is 27.8 Å². The smallest absolute Gasteiger partial charge is 0.416 e. The summed E-state index contributed by atoms with van der Waals surface area (Å²) in [6, 6.07) is 2.91. The highest BCUT2D eigenvalue weighted by Gasteiger charge is 2.32. The molecule has 0 bridgehead atoms. The molecule has 0 aliphatic carbocycles. The number of carbonyl (C=O) groups is 1. The van der Waals surface area contributed by atoms with E-state index in [0.29, 0.717) is 17.2 Å². The molecular weight excluding hydrogens is 389 g/mol. The van der Waals surface area contributed by atoms with Gasteiger partial charge in [0.25, 0.3) is 0 Å². The number of aryl methyl sites for hydroxylation is 1. The predicted octanol–water partition coefficient (Wildman–Crippen LogP) is 2.69. The Morgan fingerprint density at radius 2 is 1.90 bits per heavy atom. The first-order valence-electron chi connectivity index (χ1n) is 8.98. The third-order valence-electron chi connectivity index (χ3n) is 4.70. The molecule has 2 aromatic rings. The number of anilines is 1. The number of carboxylic acids is 1. The number of carboxylic acid groups (broad SMARTS) is 1. The van der Waals surface area contributed by atoms with Crippen molar-refractivity contribution in [1.29, 1.82) is 0 Å². The number of hydrogen-bond acceptors (Lipinski definition) is 6. The summed E-state index contributed by atoms with van der Waals surface area (Å²) in [5.74, 6) is -0.687. The molecule has 0 amide bonds. The second kappa shape index (κ2) is 8.24. The van der Waals surface area contributed by atoms with Gasteiger partial charge in [0, 0.05) is 43.5 Å². The van der Waals surface area contributed by atoms with Crippen molar-refractivity contribution in [2.24, 2.45) is 0 Å². The number of rotatable bonds is 5. The molecule has 1 saturated heterocycles. The fraction of sp³-hybridized carbons (Fsp3) is 0.421. The van der Waals surface area contributed by atoms with E-state index in [-0.39, 0.29) is 11.3 Å². The Morgan fingerprint density at radius 3 is 2.48 bits per heavy atom. The quantitative estimate of drug-likeness (QED) is 0.812. The van der Waals surface area contributed by atoms with Crippen LogP contribution < -0.4 is 9.64 Å². The minimum Gasteiger partial charge on any atom is -0.481 e. The van der Waals surface area contributed by atoms with Gasteiger partial charge < -0.3 is 19.6 Å². The first-order valence-corrected chi connectivity index (χ1v) is 8.98. The third kappa shape index (κ3) is 4.94. The van der Waals surface area contributed by atoms with Crippen molar-refractivity contribution >= 4 is 11.9 Å². The lowest BCUT2D eigenvalue weighted by Crippen LogP contribution is -2.45. The van der Waals surface area contributed by atoms with Gasteiger partial charge in [0.15, 0.2) is 6.61 Å². The zero-order valence-corrected chi connectivity index (χ0v) is 16.0. The second-order valence-electron chi connectivity index (χ2n) is 6.85. The molecule has 2 heterocycles. The van der Waals surface area contributed by atoms with Crippen molar-refractivity contribution in [3.63, 3.8) is 0 Å². The largest absolute Gasteiger partial charge is 0.481 e. The molecular formula is C19H21F3N4O3. The van der Waals surface area contributed by atoms with Crippen LogP contribution in [-0.2, 0) is 11.0 Å². The lowest BCUT2D eigenvalue weighted by atomic mass is 10.0. The first-order chi connectivity index (χ1) is 13.6. The number of aromatic nitrogens is 2. The molecule has 29 heavy (non-hydrogen) atoms. The Morgan fingerprint density at radius 1 is 1.21 bits per heavy atom. The van der Waals surface area contributed by atoms with Crippen LogP contribution in [0, 0.1) is 6.92 Å². The van der Waals surface area contributed by atoms with Gasteiger partial charge in [0.05, 0.1) is 11.3 Å². The van der Waals surface area contributed by atoms with Crippen LogP contribution in [0.15, 0.2) is 24.4 Å². The van der Waals surface area contributed by atoms with E-state index in [1.807, 2.05) is 11.9 Å². The van der Waals surface area contributed by atoms with Crippen LogP contribution in [0.1, 0.15) is 11.3 Å². The lowest BCUT2D eigenvalue weighted by molar-refractivity contribution is -0.140. The summed E-state index contributed by atoms with van der Waals surface area (Å²) < 4.78 is 44.8. The van der Waals surface area contributed by atoms with Crippen LogP contribution in [0.4, 0.5) is 19.1 Å². The Labute approximate surface area is 165 Å². The fourth-order valence-corrected chi connectivity index (χ4v) is 3.06. The maximum atomic E-state index is 13.2. The summed E-state index contributed by atoms with van der Waals surface area (Å²) in [7, 11) is 2.03. The van der Waals surface area contributed by atoms with E-state index in [1.165, 1.54) is 6.20 Å². The molecule has 1 N–H and O–H groups in total. The van der Waals surface area contributed by atoms with Gasteiger partial charge in [0.2, 0.25) is 5.95 Å². The zero-order valence-electron chi connectivity index (χ0n) is 16.0. The number of alkyl halides is 3. The van der Waals surface area contributed by atoms with Gasteiger partial charge in [-0.1, -0.05) is 0 Å². The topological polar surface area (TPSA) is 78.8 Å². The van der Waals surface area contributed by atoms with Crippen molar-refractivity contribution in [1.82, 2.24) is 14.9 Å². The Kier molecular flexibility index (Phi) is 5.92. The van der Waals surface area contributed by atoms with E-state index in [4.69, 9.17) is 9.84 Å². The molecule has 0 saturated carbocycles. The minimum absolute atomic E-state index is 0.0273. The molecule has 1 aliphatic rings. The molecule has 1 fully saturated rings. The molecule has 0 radical (unpaired) electrons. The second-order valence-corrected chi connectivity index (χ2v) is 6.85. The molecule has 0 unspecified atom stereocenters. The number of ether oxygens (including phenoxy) is 1. The van der Waals surface area contributed by atoms with Gasteiger partial charge in [-0.25, -0.2) is 14.8 Å². The first kappa shape index (κ1) is 20.8. The summed E-state index contributed by atoms with van der Waals surface area (Å²) >= 11 is 0. The highest BCUT2D eigenvalue weighted by atomic mass is 19.4. The van der Waals surface area contributed by atoms with Crippen LogP contribution in [0.5, 0.6) is 5.75 Å². The van der Waals surface area contributed by atoms with Crippen molar-refractivity contribution in [2.45, 2.75) is 13.1 Å². The van der Waals surface area contributed by atoms with Crippen LogP contribution in [0.25, 0.3) is 11.1 Å². The van der Waals surface area contributed by atoms with Crippen LogP contribution in [0.2, 0.25) is 0 Å². The normalized spacial score (nSPS) is 15.4. The van der Waals surface area contributed by atoms with Gasteiger partial charge in [-0.05, 0) is 32.2 Å². The average Bonchev–Trinajstić information content (AvgIpc) is 2.66. The van der Waals surface area contributed by atoms with Gasteiger partial charge in [0.1, 0.15) is 5.75 Å². The molecule has 10 heteroatoms. The summed E-state index contributed by atoms with van der Waals surface area (Å²) in [5, 5.41) is 8.84. The van der Waals surface area contributed by atoms with Crippen molar-refractivity contribution in [3.05, 3.63) is 35.7 Å². The molecule has 0 spiro atoms.